The highest BCUT2D eigenvalue weighted by Gasteiger charge is 2.40. The molecule has 26 heavy (non-hydrogen) atoms. The number of nitrogens with one attached hydrogen (secondary N) is 2. The van der Waals surface area contributed by atoms with Gasteiger partial charge in [0, 0.05) is 35.8 Å². The first kappa shape index (κ1) is 17.2. The molecule has 1 saturated carbocycles. The van der Waals surface area contributed by atoms with Gasteiger partial charge < -0.3 is 10.6 Å². The maximum atomic E-state index is 12.6. The maximum absolute atomic E-state index is 12.6. The van der Waals surface area contributed by atoms with Crippen LogP contribution >= 0.6 is 11.3 Å². The Morgan fingerprint density at radius 2 is 1.96 bits per heavy atom. The van der Waals surface area contributed by atoms with Crippen molar-refractivity contribution in [3.8, 4) is 0 Å². The van der Waals surface area contributed by atoms with Crippen LogP contribution in [0.25, 0.3) is 0 Å². The molecule has 6 heteroatoms. The molecule has 1 aliphatic heterocycles. The summed E-state index contributed by atoms with van der Waals surface area (Å²) >= 11 is 1.84. The summed E-state index contributed by atoms with van der Waals surface area (Å²) in [6.45, 7) is 1.35. The predicted molar refractivity (Wildman–Crippen MR) is 104 cm³/mol. The second-order valence-corrected chi connectivity index (χ2v) is 8.01. The Balaban J connectivity index is 1.41. The Bertz CT molecular complexity index is 811. The van der Waals surface area contributed by atoms with E-state index in [1.807, 2.05) is 11.3 Å². The van der Waals surface area contributed by atoms with Crippen LogP contribution in [0.15, 0.2) is 35.7 Å². The number of rotatable bonds is 5. The van der Waals surface area contributed by atoms with E-state index in [2.05, 4.69) is 27.0 Å². The van der Waals surface area contributed by atoms with Crippen LogP contribution in [-0.4, -0.2) is 36.9 Å². The van der Waals surface area contributed by atoms with E-state index in [1.165, 1.54) is 23.3 Å². The van der Waals surface area contributed by atoms with Crippen LogP contribution in [-0.2, 0) is 11.2 Å². The summed E-state index contributed by atoms with van der Waals surface area (Å²) in [6.07, 6.45) is 3.56. The summed E-state index contributed by atoms with van der Waals surface area (Å²) in [5.74, 6) is 0.570. The number of hydrogen-bond acceptors (Lipinski definition) is 4. The van der Waals surface area contributed by atoms with Gasteiger partial charge in [-0.15, -0.1) is 11.3 Å². The lowest BCUT2D eigenvalue weighted by Gasteiger charge is -2.35. The number of carbonyl (C=O) groups is 2. The summed E-state index contributed by atoms with van der Waals surface area (Å²) in [6, 6.07) is 9.62. The fraction of sp³-hybridized carbons (Fsp3) is 0.400. The smallest absolute Gasteiger partial charge is 0.251 e. The van der Waals surface area contributed by atoms with Gasteiger partial charge in [-0.2, -0.15) is 0 Å². The molecule has 0 saturated heterocycles. The van der Waals surface area contributed by atoms with Crippen LogP contribution in [0.2, 0.25) is 0 Å². The first-order valence-corrected chi connectivity index (χ1v) is 9.96. The van der Waals surface area contributed by atoms with E-state index < -0.39 is 0 Å². The molecule has 0 bridgehead atoms. The molecule has 1 aromatic carbocycles. The molecular formula is C20H23N3O2S. The van der Waals surface area contributed by atoms with Gasteiger partial charge in [-0.05, 0) is 66.5 Å². The van der Waals surface area contributed by atoms with E-state index in [0.29, 0.717) is 24.1 Å². The Labute approximate surface area is 157 Å². The van der Waals surface area contributed by atoms with Crippen molar-refractivity contribution in [3.63, 3.8) is 0 Å². The molecule has 2 amide bonds. The highest BCUT2D eigenvalue weighted by atomic mass is 32.1. The molecule has 1 atom stereocenters. The molecule has 4 rings (SSSR count). The van der Waals surface area contributed by atoms with Gasteiger partial charge in [0.2, 0.25) is 5.91 Å². The number of benzene rings is 1. The normalized spacial score (nSPS) is 19.7. The van der Waals surface area contributed by atoms with Crippen molar-refractivity contribution >= 4 is 28.8 Å². The van der Waals surface area contributed by atoms with Crippen molar-refractivity contribution < 1.29 is 9.59 Å². The van der Waals surface area contributed by atoms with Gasteiger partial charge in [-0.1, -0.05) is 0 Å². The molecule has 2 N–H and O–H groups in total. The summed E-state index contributed by atoms with van der Waals surface area (Å²) in [5.41, 5.74) is 2.74. The fourth-order valence-electron chi connectivity index (χ4n) is 3.77. The van der Waals surface area contributed by atoms with Crippen LogP contribution in [0.3, 0.4) is 0 Å². The van der Waals surface area contributed by atoms with Gasteiger partial charge in [0.15, 0.2) is 0 Å². The van der Waals surface area contributed by atoms with Crippen LogP contribution in [0.4, 0.5) is 5.69 Å². The average Bonchev–Trinajstić information content (AvgIpc) is 3.37. The zero-order chi connectivity index (χ0) is 18.1. The van der Waals surface area contributed by atoms with Crippen molar-refractivity contribution in [2.45, 2.75) is 25.3 Å². The van der Waals surface area contributed by atoms with Gasteiger partial charge in [-0.3, -0.25) is 14.5 Å². The van der Waals surface area contributed by atoms with Crippen molar-refractivity contribution in [3.05, 3.63) is 51.7 Å². The minimum Gasteiger partial charge on any atom is -0.355 e. The molecule has 1 fully saturated rings. The van der Waals surface area contributed by atoms with E-state index >= 15 is 0 Å². The summed E-state index contributed by atoms with van der Waals surface area (Å²) in [4.78, 5) is 28.0. The second kappa shape index (κ2) is 7.21. The summed E-state index contributed by atoms with van der Waals surface area (Å²) in [5, 5.41) is 7.73. The second-order valence-electron chi connectivity index (χ2n) is 7.01. The van der Waals surface area contributed by atoms with Gasteiger partial charge in [0.25, 0.3) is 5.91 Å². The molecule has 0 radical (unpaired) electrons. The molecule has 0 spiro atoms. The van der Waals surface area contributed by atoms with Crippen molar-refractivity contribution in [2.24, 2.45) is 5.92 Å². The van der Waals surface area contributed by atoms with E-state index in [-0.39, 0.29) is 11.8 Å². The monoisotopic (exact) mass is 369 g/mol. The SMILES string of the molecule is CNC(=O)c1ccc(NC(=O)CN2CCc3sccc3[C@H]2C2CC2)cc1. The first-order valence-electron chi connectivity index (χ1n) is 9.08. The molecule has 1 aliphatic carbocycles. The van der Waals surface area contributed by atoms with Crippen molar-refractivity contribution in [1.29, 1.82) is 0 Å². The molecule has 1 aromatic heterocycles. The van der Waals surface area contributed by atoms with Crippen LogP contribution in [0.1, 0.15) is 39.7 Å². The third kappa shape index (κ3) is 3.52. The number of amides is 2. The van der Waals surface area contributed by atoms with E-state index in [9.17, 15) is 9.59 Å². The first-order chi connectivity index (χ1) is 12.7. The Hall–Kier alpha value is -2.18. The minimum atomic E-state index is -0.130. The van der Waals surface area contributed by atoms with Crippen LogP contribution in [0.5, 0.6) is 0 Å². The van der Waals surface area contributed by atoms with Gasteiger partial charge in [0.05, 0.1) is 6.54 Å². The average molecular weight is 369 g/mol. The Kier molecular flexibility index (Phi) is 4.78. The van der Waals surface area contributed by atoms with E-state index in [1.54, 1.807) is 31.3 Å². The molecule has 136 valence electrons. The fourth-order valence-corrected chi connectivity index (χ4v) is 4.69. The highest BCUT2D eigenvalue weighted by Crippen LogP contribution is 2.48. The molecule has 2 aromatic rings. The largest absolute Gasteiger partial charge is 0.355 e. The van der Waals surface area contributed by atoms with Crippen LogP contribution in [0, 0.1) is 5.92 Å². The van der Waals surface area contributed by atoms with E-state index in [4.69, 9.17) is 0 Å². The lowest BCUT2D eigenvalue weighted by molar-refractivity contribution is -0.118. The zero-order valence-electron chi connectivity index (χ0n) is 14.8. The van der Waals surface area contributed by atoms with Crippen molar-refractivity contribution in [1.82, 2.24) is 10.2 Å². The number of nitrogens with zero attached hydrogens (tertiary/aromatic N) is 1. The zero-order valence-corrected chi connectivity index (χ0v) is 15.6. The molecule has 5 nitrogen and oxygen atoms in total. The standard InChI is InChI=1S/C20H23N3O2S/c1-21-20(25)14-4-6-15(7-5-14)22-18(24)12-23-10-8-17-16(9-11-26-17)19(23)13-2-3-13/h4-7,9,11,13,19H,2-3,8,10,12H2,1H3,(H,21,25)(H,22,24)/t19-/m1/s1. The topological polar surface area (TPSA) is 61.4 Å². The summed E-state index contributed by atoms with van der Waals surface area (Å²) in [7, 11) is 1.60. The predicted octanol–water partition coefficient (Wildman–Crippen LogP) is 3.06. The number of thiophene rings is 1. The number of fused-ring (bicyclic) bond motifs is 1. The van der Waals surface area contributed by atoms with Gasteiger partial charge in [-0.25, -0.2) is 0 Å². The number of anilines is 1. The van der Waals surface area contributed by atoms with Crippen molar-refractivity contribution in [2.75, 3.05) is 25.5 Å². The molecular weight excluding hydrogens is 346 g/mol. The number of carbonyl (C=O) groups excluding carboxylic acids is 2. The third-order valence-electron chi connectivity index (χ3n) is 5.19. The minimum absolute atomic E-state index is 0.00187. The number of hydrogen-bond donors (Lipinski definition) is 2. The van der Waals surface area contributed by atoms with Gasteiger partial charge >= 0.3 is 0 Å². The Morgan fingerprint density at radius 1 is 1.19 bits per heavy atom. The third-order valence-corrected chi connectivity index (χ3v) is 6.19. The lowest BCUT2D eigenvalue weighted by Crippen LogP contribution is -2.41. The molecule has 2 heterocycles. The molecule has 2 aliphatic rings. The Morgan fingerprint density at radius 3 is 2.65 bits per heavy atom. The summed E-state index contributed by atoms with van der Waals surface area (Å²) < 4.78 is 0. The van der Waals surface area contributed by atoms with Gasteiger partial charge in [0.1, 0.15) is 0 Å². The van der Waals surface area contributed by atoms with E-state index in [0.717, 1.165) is 18.7 Å². The maximum Gasteiger partial charge on any atom is 0.251 e. The quantitative estimate of drug-likeness (QED) is 0.852. The molecule has 0 unspecified atom stereocenters. The lowest BCUT2D eigenvalue weighted by atomic mass is 9.96. The van der Waals surface area contributed by atoms with Crippen LogP contribution < -0.4 is 10.6 Å². The highest BCUT2D eigenvalue weighted by molar-refractivity contribution is 7.10.